The first-order valence-corrected chi connectivity index (χ1v) is 9.40. The molecule has 0 saturated heterocycles. The fourth-order valence-electron chi connectivity index (χ4n) is 3.20. The van der Waals surface area contributed by atoms with E-state index in [-0.39, 0.29) is 0 Å². The SMILES string of the molecule is CNc1cc(-c2cncc(-c3cccc(OC)c3)c2)cc(-c2cccc(C)n2)n1. The zero-order chi connectivity index (χ0) is 20.2. The maximum atomic E-state index is 5.35. The van der Waals surface area contributed by atoms with E-state index in [4.69, 9.17) is 4.74 Å². The summed E-state index contributed by atoms with van der Waals surface area (Å²) in [5.41, 5.74) is 6.75. The van der Waals surface area contributed by atoms with E-state index in [0.29, 0.717) is 0 Å². The van der Waals surface area contributed by atoms with Gasteiger partial charge in [0.15, 0.2) is 0 Å². The number of aromatic nitrogens is 3. The Bertz CT molecular complexity index is 1160. The second kappa shape index (κ2) is 8.10. The molecule has 0 fully saturated rings. The van der Waals surface area contributed by atoms with Gasteiger partial charge in [-0.2, -0.15) is 0 Å². The summed E-state index contributed by atoms with van der Waals surface area (Å²) < 4.78 is 5.35. The molecule has 144 valence electrons. The molecule has 0 spiro atoms. The van der Waals surface area contributed by atoms with Crippen molar-refractivity contribution < 1.29 is 4.74 Å². The lowest BCUT2D eigenvalue weighted by Crippen LogP contribution is -1.97. The first-order valence-electron chi connectivity index (χ1n) is 9.40. The minimum atomic E-state index is 0.785. The molecule has 4 rings (SSSR count). The van der Waals surface area contributed by atoms with Gasteiger partial charge in [0.1, 0.15) is 11.6 Å². The Morgan fingerprint density at radius 1 is 0.759 bits per heavy atom. The van der Waals surface area contributed by atoms with Gasteiger partial charge in [-0.15, -0.1) is 0 Å². The summed E-state index contributed by atoms with van der Waals surface area (Å²) in [4.78, 5) is 13.8. The Balaban J connectivity index is 1.79. The molecule has 0 amide bonds. The molecule has 1 aromatic carbocycles. The molecule has 0 aliphatic carbocycles. The number of benzene rings is 1. The van der Waals surface area contributed by atoms with E-state index in [2.05, 4.69) is 38.5 Å². The smallest absolute Gasteiger partial charge is 0.127 e. The summed E-state index contributed by atoms with van der Waals surface area (Å²) >= 11 is 0. The van der Waals surface area contributed by atoms with Crippen molar-refractivity contribution in [3.63, 3.8) is 0 Å². The third kappa shape index (κ3) is 4.09. The molecule has 3 heterocycles. The van der Waals surface area contributed by atoms with Crippen LogP contribution >= 0.6 is 0 Å². The zero-order valence-electron chi connectivity index (χ0n) is 16.7. The van der Waals surface area contributed by atoms with Gasteiger partial charge in [-0.3, -0.25) is 9.97 Å². The maximum Gasteiger partial charge on any atom is 0.127 e. The first-order chi connectivity index (χ1) is 14.2. The van der Waals surface area contributed by atoms with Crippen molar-refractivity contribution >= 4 is 5.82 Å². The molecule has 0 unspecified atom stereocenters. The van der Waals surface area contributed by atoms with Crippen molar-refractivity contribution in [2.75, 3.05) is 19.5 Å². The summed E-state index contributed by atoms with van der Waals surface area (Å²) in [7, 11) is 3.54. The van der Waals surface area contributed by atoms with E-state index in [1.807, 2.05) is 68.8 Å². The van der Waals surface area contributed by atoms with Crippen LogP contribution in [0, 0.1) is 6.92 Å². The molecule has 3 aromatic heterocycles. The average molecular weight is 382 g/mol. The summed E-state index contributed by atoms with van der Waals surface area (Å²) in [5.74, 6) is 1.61. The predicted octanol–water partition coefficient (Wildman–Crippen LogP) is 5.23. The number of methoxy groups -OCH3 is 1. The van der Waals surface area contributed by atoms with E-state index in [0.717, 1.165) is 50.9 Å². The molecule has 0 saturated carbocycles. The Morgan fingerprint density at radius 2 is 1.55 bits per heavy atom. The number of hydrogen-bond acceptors (Lipinski definition) is 5. The van der Waals surface area contributed by atoms with Crippen molar-refractivity contribution in [2.45, 2.75) is 6.92 Å². The summed E-state index contributed by atoms with van der Waals surface area (Å²) in [6.07, 6.45) is 3.73. The summed E-state index contributed by atoms with van der Waals surface area (Å²) in [5, 5.41) is 3.15. The normalized spacial score (nSPS) is 10.6. The molecule has 0 atom stereocenters. The topological polar surface area (TPSA) is 59.9 Å². The largest absolute Gasteiger partial charge is 0.497 e. The average Bonchev–Trinajstić information content (AvgIpc) is 2.79. The van der Waals surface area contributed by atoms with Crippen LogP contribution in [-0.2, 0) is 0 Å². The molecule has 5 nitrogen and oxygen atoms in total. The van der Waals surface area contributed by atoms with Crippen LogP contribution in [0.5, 0.6) is 5.75 Å². The van der Waals surface area contributed by atoms with Crippen LogP contribution in [0.2, 0.25) is 0 Å². The number of anilines is 1. The molecule has 1 N–H and O–H groups in total. The van der Waals surface area contributed by atoms with Gasteiger partial charge < -0.3 is 10.1 Å². The van der Waals surface area contributed by atoms with Crippen LogP contribution in [-0.4, -0.2) is 29.1 Å². The highest BCUT2D eigenvalue weighted by molar-refractivity contribution is 5.76. The van der Waals surface area contributed by atoms with E-state index in [1.165, 1.54) is 0 Å². The molecule has 0 bridgehead atoms. The maximum absolute atomic E-state index is 5.35. The van der Waals surface area contributed by atoms with E-state index >= 15 is 0 Å². The number of hydrogen-bond donors (Lipinski definition) is 1. The van der Waals surface area contributed by atoms with Gasteiger partial charge >= 0.3 is 0 Å². The van der Waals surface area contributed by atoms with Gasteiger partial charge in [-0.25, -0.2) is 4.98 Å². The van der Waals surface area contributed by atoms with Crippen LogP contribution in [0.15, 0.2) is 73.1 Å². The predicted molar refractivity (Wildman–Crippen MR) is 117 cm³/mol. The van der Waals surface area contributed by atoms with E-state index in [1.54, 1.807) is 7.11 Å². The Kier molecular flexibility index (Phi) is 5.20. The van der Waals surface area contributed by atoms with Gasteiger partial charge in [0.05, 0.1) is 18.5 Å². The van der Waals surface area contributed by atoms with Crippen LogP contribution < -0.4 is 10.1 Å². The number of pyridine rings is 3. The van der Waals surface area contributed by atoms with Crippen molar-refractivity contribution in [3.8, 4) is 39.4 Å². The van der Waals surface area contributed by atoms with Crippen molar-refractivity contribution in [1.29, 1.82) is 0 Å². The van der Waals surface area contributed by atoms with Gasteiger partial charge in [-0.1, -0.05) is 18.2 Å². The zero-order valence-corrected chi connectivity index (χ0v) is 16.7. The minimum absolute atomic E-state index is 0.785. The molecule has 0 radical (unpaired) electrons. The lowest BCUT2D eigenvalue weighted by atomic mass is 10.0. The standard InChI is InChI=1S/C24H22N4O/c1-16-6-4-9-22(27-16)23-12-18(13-24(25-2)28-23)20-10-19(14-26-15-20)17-7-5-8-21(11-17)29-3/h4-15H,1-3H3,(H,25,28). The third-order valence-corrected chi connectivity index (χ3v) is 4.71. The minimum Gasteiger partial charge on any atom is -0.497 e. The van der Waals surface area contributed by atoms with Gasteiger partial charge in [-0.05, 0) is 60.5 Å². The molecule has 4 aromatic rings. The Labute approximate surface area is 170 Å². The first kappa shape index (κ1) is 18.6. The molecular formula is C24H22N4O. The van der Waals surface area contributed by atoms with Crippen LogP contribution in [0.4, 0.5) is 5.82 Å². The molecular weight excluding hydrogens is 360 g/mol. The van der Waals surface area contributed by atoms with Gasteiger partial charge in [0.25, 0.3) is 0 Å². The highest BCUT2D eigenvalue weighted by atomic mass is 16.5. The second-order valence-corrected chi connectivity index (χ2v) is 6.73. The lowest BCUT2D eigenvalue weighted by Gasteiger charge is -2.11. The summed E-state index contributed by atoms with van der Waals surface area (Å²) in [6, 6.07) is 20.1. The lowest BCUT2D eigenvalue weighted by molar-refractivity contribution is 0.415. The molecule has 5 heteroatoms. The van der Waals surface area contributed by atoms with Gasteiger partial charge in [0.2, 0.25) is 0 Å². The molecule has 0 aliphatic heterocycles. The quantitative estimate of drug-likeness (QED) is 0.512. The van der Waals surface area contributed by atoms with Crippen molar-refractivity contribution in [1.82, 2.24) is 15.0 Å². The van der Waals surface area contributed by atoms with Crippen LogP contribution in [0.25, 0.3) is 33.6 Å². The number of nitrogens with zero attached hydrogens (tertiary/aromatic N) is 3. The highest BCUT2D eigenvalue weighted by Crippen LogP contribution is 2.30. The third-order valence-electron chi connectivity index (χ3n) is 4.71. The number of aryl methyl sites for hydroxylation is 1. The molecule has 0 aliphatic rings. The number of ether oxygens (including phenoxy) is 1. The van der Waals surface area contributed by atoms with Crippen LogP contribution in [0.1, 0.15) is 5.69 Å². The highest BCUT2D eigenvalue weighted by Gasteiger charge is 2.09. The van der Waals surface area contributed by atoms with E-state index < -0.39 is 0 Å². The molecule has 29 heavy (non-hydrogen) atoms. The second-order valence-electron chi connectivity index (χ2n) is 6.73. The Hall–Kier alpha value is -3.73. The fourth-order valence-corrected chi connectivity index (χ4v) is 3.20. The van der Waals surface area contributed by atoms with Crippen molar-refractivity contribution in [3.05, 3.63) is 78.8 Å². The fraction of sp³-hybridized carbons (Fsp3) is 0.125. The number of nitrogens with one attached hydrogen (secondary N) is 1. The van der Waals surface area contributed by atoms with E-state index in [9.17, 15) is 0 Å². The van der Waals surface area contributed by atoms with Crippen molar-refractivity contribution in [2.24, 2.45) is 0 Å². The monoisotopic (exact) mass is 382 g/mol. The van der Waals surface area contributed by atoms with Crippen LogP contribution in [0.3, 0.4) is 0 Å². The number of rotatable bonds is 5. The summed E-state index contributed by atoms with van der Waals surface area (Å²) in [6.45, 7) is 1.98. The Morgan fingerprint density at radius 3 is 2.31 bits per heavy atom. The van der Waals surface area contributed by atoms with Gasteiger partial charge in [0, 0.05) is 36.3 Å².